The highest BCUT2D eigenvalue weighted by atomic mass is 35.5. The van der Waals surface area contributed by atoms with E-state index >= 15 is 0 Å². The number of carbonyl (C=O) groups is 1. The first-order chi connectivity index (χ1) is 12.7. The van der Waals surface area contributed by atoms with Gasteiger partial charge in [-0.25, -0.2) is 0 Å². The number of para-hydroxylation sites is 2. The Labute approximate surface area is 159 Å². The van der Waals surface area contributed by atoms with Crippen molar-refractivity contribution in [2.24, 2.45) is 0 Å². The summed E-state index contributed by atoms with van der Waals surface area (Å²) in [6.07, 6.45) is 0. The highest BCUT2D eigenvalue weighted by molar-refractivity contribution is 6.49. The third kappa shape index (κ3) is 2.85. The SMILES string of the molecule is O=C(C(=CCl)c1cc2ccccc2o1)C(=CCl)c1cc2ccccc2o1. The van der Waals surface area contributed by atoms with Crippen molar-refractivity contribution < 1.29 is 13.6 Å². The quantitative estimate of drug-likeness (QED) is 0.373. The van der Waals surface area contributed by atoms with E-state index in [0.29, 0.717) is 22.7 Å². The maximum Gasteiger partial charge on any atom is 0.202 e. The van der Waals surface area contributed by atoms with Gasteiger partial charge in [0.15, 0.2) is 0 Å². The van der Waals surface area contributed by atoms with E-state index in [2.05, 4.69) is 0 Å². The second kappa shape index (κ2) is 6.87. The van der Waals surface area contributed by atoms with Gasteiger partial charge in [-0.15, -0.1) is 0 Å². The van der Waals surface area contributed by atoms with Crippen molar-refractivity contribution in [1.29, 1.82) is 0 Å². The van der Waals surface area contributed by atoms with Crippen LogP contribution in [0.5, 0.6) is 0 Å². The zero-order chi connectivity index (χ0) is 18.1. The van der Waals surface area contributed by atoms with E-state index in [1.54, 1.807) is 12.1 Å². The molecule has 0 aliphatic carbocycles. The van der Waals surface area contributed by atoms with Crippen molar-refractivity contribution in [2.75, 3.05) is 0 Å². The first-order valence-electron chi connectivity index (χ1n) is 7.84. The lowest BCUT2D eigenvalue weighted by atomic mass is 10.0. The van der Waals surface area contributed by atoms with Crippen LogP contribution in [0, 0.1) is 0 Å². The molecule has 128 valence electrons. The number of hydrogen-bond donors (Lipinski definition) is 0. The summed E-state index contributed by atoms with van der Waals surface area (Å²) in [6, 6.07) is 18.5. The fourth-order valence-corrected chi connectivity index (χ4v) is 3.22. The van der Waals surface area contributed by atoms with E-state index in [4.69, 9.17) is 32.0 Å². The van der Waals surface area contributed by atoms with Gasteiger partial charge in [0.25, 0.3) is 0 Å². The molecule has 0 saturated heterocycles. The third-order valence-electron chi connectivity index (χ3n) is 4.09. The van der Waals surface area contributed by atoms with Gasteiger partial charge in [-0.2, -0.15) is 0 Å². The van der Waals surface area contributed by atoms with Crippen LogP contribution in [0.4, 0.5) is 0 Å². The smallest absolute Gasteiger partial charge is 0.202 e. The van der Waals surface area contributed by atoms with Crippen LogP contribution in [0.1, 0.15) is 11.5 Å². The molecule has 0 fully saturated rings. The Bertz CT molecular complexity index is 1020. The summed E-state index contributed by atoms with van der Waals surface area (Å²) < 4.78 is 11.5. The summed E-state index contributed by atoms with van der Waals surface area (Å²) in [5, 5.41) is 1.76. The van der Waals surface area contributed by atoms with Gasteiger partial charge in [0.05, 0.1) is 11.1 Å². The first-order valence-corrected chi connectivity index (χ1v) is 8.72. The van der Waals surface area contributed by atoms with Crippen LogP contribution in [-0.4, -0.2) is 5.78 Å². The zero-order valence-electron chi connectivity index (χ0n) is 13.4. The van der Waals surface area contributed by atoms with Gasteiger partial charge in [-0.05, 0) is 24.3 Å². The Morgan fingerprint density at radius 3 is 1.54 bits per heavy atom. The molecule has 0 aliphatic heterocycles. The Hall–Kier alpha value is -2.75. The number of hydrogen-bond acceptors (Lipinski definition) is 3. The van der Waals surface area contributed by atoms with Gasteiger partial charge in [0, 0.05) is 21.8 Å². The Morgan fingerprint density at radius 2 is 1.15 bits per heavy atom. The largest absolute Gasteiger partial charge is 0.456 e. The normalized spacial score (nSPS) is 12.8. The van der Waals surface area contributed by atoms with Crippen LogP contribution in [0.25, 0.3) is 33.1 Å². The summed E-state index contributed by atoms with van der Waals surface area (Å²) in [7, 11) is 0. The minimum absolute atomic E-state index is 0.204. The number of Topliss-reactive ketones (excluding diaryl/α,β-unsaturated/α-hetero) is 1. The molecular formula is C21H12Cl2O3. The molecular weight excluding hydrogens is 371 g/mol. The highest BCUT2D eigenvalue weighted by Gasteiger charge is 2.23. The van der Waals surface area contributed by atoms with Crippen LogP contribution >= 0.6 is 23.2 Å². The number of furan rings is 2. The molecule has 4 rings (SSSR count). The molecule has 0 radical (unpaired) electrons. The molecule has 2 heterocycles. The van der Waals surface area contributed by atoms with Gasteiger partial charge >= 0.3 is 0 Å². The summed E-state index contributed by atoms with van der Waals surface area (Å²) >= 11 is 11.9. The van der Waals surface area contributed by atoms with Crippen LogP contribution in [0.2, 0.25) is 0 Å². The average molecular weight is 383 g/mol. The van der Waals surface area contributed by atoms with Crippen molar-refractivity contribution >= 4 is 62.1 Å². The van der Waals surface area contributed by atoms with Crippen molar-refractivity contribution in [1.82, 2.24) is 0 Å². The standard InChI is InChI=1S/C21H12Cl2O3/c22-11-15(19-9-13-5-1-3-7-17(13)25-19)21(24)16(12-23)20-10-14-6-2-4-8-18(14)26-20/h1-12H. The Balaban J connectivity index is 1.75. The summed E-state index contributed by atoms with van der Waals surface area (Å²) in [5.74, 6) is 0.366. The van der Waals surface area contributed by atoms with Crippen molar-refractivity contribution in [2.45, 2.75) is 0 Å². The van der Waals surface area contributed by atoms with E-state index in [1.807, 2.05) is 48.5 Å². The monoisotopic (exact) mass is 382 g/mol. The van der Waals surface area contributed by atoms with E-state index in [0.717, 1.165) is 10.8 Å². The number of carbonyl (C=O) groups excluding carboxylic acids is 1. The number of fused-ring (bicyclic) bond motifs is 2. The molecule has 0 unspecified atom stereocenters. The number of allylic oxidation sites excluding steroid dienone is 2. The molecule has 26 heavy (non-hydrogen) atoms. The Morgan fingerprint density at radius 1 is 0.731 bits per heavy atom. The van der Waals surface area contributed by atoms with Gasteiger partial charge in [0.1, 0.15) is 22.7 Å². The van der Waals surface area contributed by atoms with Gasteiger partial charge < -0.3 is 8.83 Å². The molecule has 0 saturated carbocycles. The number of rotatable bonds is 4. The number of ketones is 1. The maximum absolute atomic E-state index is 13.0. The summed E-state index contributed by atoms with van der Waals surface area (Å²) in [6.45, 7) is 0. The topological polar surface area (TPSA) is 43.4 Å². The zero-order valence-corrected chi connectivity index (χ0v) is 14.9. The number of benzene rings is 2. The van der Waals surface area contributed by atoms with Crippen LogP contribution in [0.3, 0.4) is 0 Å². The molecule has 4 aromatic rings. The molecule has 3 nitrogen and oxygen atoms in total. The second-order valence-corrected chi connectivity index (χ2v) is 6.11. The minimum Gasteiger partial charge on any atom is -0.456 e. The van der Waals surface area contributed by atoms with Crippen molar-refractivity contribution in [3.05, 3.63) is 83.3 Å². The summed E-state index contributed by atoms with van der Waals surface area (Å²) in [4.78, 5) is 13.0. The first kappa shape index (κ1) is 16.7. The molecule has 0 atom stereocenters. The maximum atomic E-state index is 13.0. The van der Waals surface area contributed by atoms with Gasteiger partial charge in [-0.3, -0.25) is 4.79 Å². The highest BCUT2D eigenvalue weighted by Crippen LogP contribution is 2.32. The fourth-order valence-electron chi connectivity index (χ4n) is 2.80. The lowest BCUT2D eigenvalue weighted by Gasteiger charge is -2.04. The second-order valence-electron chi connectivity index (χ2n) is 5.67. The lowest BCUT2D eigenvalue weighted by Crippen LogP contribution is -2.03. The number of halogens is 2. The molecule has 0 amide bonds. The molecule has 0 bridgehead atoms. The fraction of sp³-hybridized carbons (Fsp3) is 0. The molecule has 2 aromatic carbocycles. The molecule has 0 spiro atoms. The van der Waals surface area contributed by atoms with Crippen LogP contribution < -0.4 is 0 Å². The predicted octanol–water partition coefficient (Wildman–Crippen LogP) is 6.61. The van der Waals surface area contributed by atoms with E-state index < -0.39 is 0 Å². The van der Waals surface area contributed by atoms with Gasteiger partial charge in [-0.1, -0.05) is 59.6 Å². The average Bonchev–Trinajstić information content (AvgIpc) is 3.26. The molecule has 0 aliphatic rings. The minimum atomic E-state index is -0.381. The summed E-state index contributed by atoms with van der Waals surface area (Å²) in [5.41, 5.74) is 4.15. The lowest BCUT2D eigenvalue weighted by molar-refractivity contribution is -0.108. The van der Waals surface area contributed by atoms with E-state index in [1.165, 1.54) is 11.1 Å². The van der Waals surface area contributed by atoms with E-state index in [-0.39, 0.29) is 16.9 Å². The van der Waals surface area contributed by atoms with Crippen LogP contribution in [-0.2, 0) is 4.79 Å². The Kier molecular flexibility index (Phi) is 4.41. The predicted molar refractivity (Wildman–Crippen MR) is 105 cm³/mol. The van der Waals surface area contributed by atoms with E-state index in [9.17, 15) is 4.79 Å². The van der Waals surface area contributed by atoms with Crippen molar-refractivity contribution in [3.8, 4) is 0 Å². The molecule has 2 aromatic heterocycles. The molecule has 5 heteroatoms. The van der Waals surface area contributed by atoms with Crippen LogP contribution in [0.15, 0.2) is 80.6 Å². The van der Waals surface area contributed by atoms with Gasteiger partial charge in [0.2, 0.25) is 5.78 Å². The third-order valence-corrected chi connectivity index (χ3v) is 4.53. The van der Waals surface area contributed by atoms with Crippen molar-refractivity contribution in [3.63, 3.8) is 0 Å². The molecule has 0 N–H and O–H groups in total.